The molecule has 1 amide bonds. The predicted octanol–water partition coefficient (Wildman–Crippen LogP) is 6.12. The Hall–Kier alpha value is -3.69. The molecule has 3 aromatic carbocycles. The molecule has 0 aliphatic heterocycles. The van der Waals surface area contributed by atoms with Crippen LogP contribution in [0.25, 0.3) is 0 Å². The van der Waals surface area contributed by atoms with Crippen LogP contribution in [-0.2, 0) is 35.8 Å². The highest BCUT2D eigenvalue weighted by atomic mass is 32.2. The number of aryl methyl sites for hydroxylation is 2. The molecule has 1 aliphatic carbocycles. The number of hydrogen-bond acceptors (Lipinski definition) is 3. The molecule has 0 bridgehead atoms. The molecule has 1 aliphatic rings. The van der Waals surface area contributed by atoms with Crippen LogP contribution in [0.1, 0.15) is 60.7 Å². The van der Waals surface area contributed by atoms with E-state index in [1.807, 2.05) is 42.9 Å². The number of imidazole rings is 1. The van der Waals surface area contributed by atoms with Crippen LogP contribution in [0.4, 0.5) is 14.5 Å². The van der Waals surface area contributed by atoms with E-state index < -0.39 is 11.0 Å². The number of carbonyl (C=O) groups excluding carboxylic acids is 1. The maximum atomic E-state index is 14.5. The fraction of sp³-hybridized carbons (Fsp3) is 0.290. The fourth-order valence-corrected chi connectivity index (χ4v) is 6.23. The van der Waals surface area contributed by atoms with E-state index in [4.69, 9.17) is 0 Å². The third kappa shape index (κ3) is 6.21. The van der Waals surface area contributed by atoms with Crippen molar-refractivity contribution in [1.29, 1.82) is 0 Å². The molecular weight excluding hydrogens is 530 g/mol. The number of fused-ring (bicyclic) bond motifs is 1. The minimum Gasteiger partial charge on any atom is -0.337 e. The van der Waals surface area contributed by atoms with E-state index in [1.54, 1.807) is 29.3 Å². The second-order valence-electron chi connectivity index (χ2n) is 10.2. The van der Waals surface area contributed by atoms with Crippen LogP contribution in [0.15, 0.2) is 84.0 Å². The van der Waals surface area contributed by atoms with Crippen LogP contribution < -0.4 is 9.62 Å². The van der Waals surface area contributed by atoms with Gasteiger partial charge in [-0.05, 0) is 84.3 Å². The summed E-state index contributed by atoms with van der Waals surface area (Å²) in [6, 6.07) is 17.9. The summed E-state index contributed by atoms with van der Waals surface area (Å²) in [5.41, 5.74) is 3.33. The zero-order valence-corrected chi connectivity index (χ0v) is 23.3. The Labute approximate surface area is 235 Å². The van der Waals surface area contributed by atoms with Gasteiger partial charge in [0.2, 0.25) is 5.91 Å². The molecule has 0 fully saturated rings. The lowest BCUT2D eigenvalue weighted by atomic mass is 9.87. The molecule has 5 rings (SSSR count). The second-order valence-corrected chi connectivity index (χ2v) is 11.5. The lowest BCUT2D eigenvalue weighted by Crippen LogP contribution is -2.33. The van der Waals surface area contributed by atoms with Gasteiger partial charge in [0.05, 0.1) is 11.4 Å². The Balaban J connectivity index is 1.44. The zero-order valence-electron chi connectivity index (χ0n) is 22.5. The Morgan fingerprint density at radius 1 is 1.15 bits per heavy atom. The number of halogens is 2. The molecule has 1 heterocycles. The molecule has 40 heavy (non-hydrogen) atoms. The number of aromatic nitrogens is 2. The molecule has 208 valence electrons. The largest absolute Gasteiger partial charge is 0.337 e. The molecule has 1 aromatic heterocycles. The van der Waals surface area contributed by atoms with E-state index in [1.165, 1.54) is 30.3 Å². The van der Waals surface area contributed by atoms with Crippen LogP contribution in [0.3, 0.4) is 0 Å². The summed E-state index contributed by atoms with van der Waals surface area (Å²) >= 11 is 0. The van der Waals surface area contributed by atoms with Crippen LogP contribution >= 0.6 is 0 Å². The van der Waals surface area contributed by atoms with Gasteiger partial charge in [-0.1, -0.05) is 31.2 Å². The topological polar surface area (TPSA) is 67.2 Å². The molecule has 0 saturated carbocycles. The van der Waals surface area contributed by atoms with Gasteiger partial charge in [-0.25, -0.2) is 22.7 Å². The first kappa shape index (κ1) is 27.9. The highest BCUT2D eigenvalue weighted by Crippen LogP contribution is 2.35. The monoisotopic (exact) mass is 562 g/mol. The Morgan fingerprint density at radius 2 is 1.93 bits per heavy atom. The van der Waals surface area contributed by atoms with E-state index in [2.05, 4.69) is 9.71 Å². The van der Waals surface area contributed by atoms with E-state index in [9.17, 15) is 17.8 Å². The van der Waals surface area contributed by atoms with Crippen molar-refractivity contribution in [3.05, 3.63) is 113 Å². The number of anilines is 1. The lowest BCUT2D eigenvalue weighted by molar-refractivity contribution is -0.119. The molecule has 4 aromatic rings. The summed E-state index contributed by atoms with van der Waals surface area (Å²) in [6.07, 6.45) is 6.24. The van der Waals surface area contributed by atoms with Crippen molar-refractivity contribution in [2.45, 2.75) is 56.0 Å². The van der Waals surface area contributed by atoms with Crippen molar-refractivity contribution in [3.63, 3.8) is 0 Å². The quantitative estimate of drug-likeness (QED) is 0.268. The summed E-state index contributed by atoms with van der Waals surface area (Å²) in [5.74, 6) is -0.446. The first-order valence-electron chi connectivity index (χ1n) is 13.4. The molecule has 1 N–H and O–H groups in total. The number of benzene rings is 3. The van der Waals surface area contributed by atoms with Gasteiger partial charge >= 0.3 is 0 Å². The Morgan fingerprint density at radius 3 is 2.65 bits per heavy atom. The Kier molecular flexibility index (Phi) is 8.52. The van der Waals surface area contributed by atoms with Crippen molar-refractivity contribution in [2.75, 3.05) is 4.90 Å². The summed E-state index contributed by atoms with van der Waals surface area (Å²) in [4.78, 5) is 20.4. The van der Waals surface area contributed by atoms with Gasteiger partial charge < -0.3 is 9.47 Å². The molecule has 3 unspecified atom stereocenters. The summed E-state index contributed by atoms with van der Waals surface area (Å²) in [6.45, 7) is 2.11. The minimum atomic E-state index is -1.53. The summed E-state index contributed by atoms with van der Waals surface area (Å²) in [5, 5.41) is 0. The molecular formula is C31H32F2N4O2S. The van der Waals surface area contributed by atoms with Gasteiger partial charge in [-0.2, -0.15) is 0 Å². The maximum absolute atomic E-state index is 14.5. The fourth-order valence-electron chi connectivity index (χ4n) is 5.20. The van der Waals surface area contributed by atoms with Crippen LogP contribution in [0.5, 0.6) is 0 Å². The van der Waals surface area contributed by atoms with Crippen LogP contribution in [-0.4, -0.2) is 19.7 Å². The van der Waals surface area contributed by atoms with E-state index in [-0.39, 0.29) is 42.5 Å². The number of carbonyl (C=O) groups is 1. The van der Waals surface area contributed by atoms with Crippen LogP contribution in [0.2, 0.25) is 0 Å². The SMILES string of the molecule is CC(CC(=O)N(Cc1nccn1C)c1ccc2c(c1)C(NS(=O)c1ccc(F)cc1)CCC2)c1ccccc1F. The number of hydrogen-bond donors (Lipinski definition) is 1. The van der Waals surface area contributed by atoms with Gasteiger partial charge in [0.15, 0.2) is 0 Å². The first-order valence-corrected chi connectivity index (χ1v) is 14.5. The summed E-state index contributed by atoms with van der Waals surface area (Å²) in [7, 11) is 0.350. The van der Waals surface area contributed by atoms with Gasteiger partial charge in [0, 0.05) is 37.6 Å². The smallest absolute Gasteiger partial charge is 0.228 e. The summed E-state index contributed by atoms with van der Waals surface area (Å²) < 4.78 is 46.0. The third-order valence-corrected chi connectivity index (χ3v) is 8.67. The number of nitrogens with zero attached hydrogens (tertiary/aromatic N) is 3. The molecule has 6 nitrogen and oxygen atoms in total. The van der Waals surface area contributed by atoms with E-state index >= 15 is 0 Å². The Bertz CT molecular complexity index is 1520. The molecule has 0 saturated heterocycles. The number of rotatable bonds is 9. The molecule has 3 atom stereocenters. The second kappa shape index (κ2) is 12.2. The van der Waals surface area contributed by atoms with Gasteiger partial charge in [0.25, 0.3) is 0 Å². The molecule has 0 spiro atoms. The highest BCUT2D eigenvalue weighted by molar-refractivity contribution is 7.83. The predicted molar refractivity (Wildman–Crippen MR) is 152 cm³/mol. The van der Waals surface area contributed by atoms with Gasteiger partial charge in [-0.3, -0.25) is 4.79 Å². The minimum absolute atomic E-state index is 0.124. The van der Waals surface area contributed by atoms with Crippen molar-refractivity contribution in [3.8, 4) is 0 Å². The van der Waals surface area contributed by atoms with Crippen molar-refractivity contribution < 1.29 is 17.8 Å². The van der Waals surface area contributed by atoms with Gasteiger partial charge in [0.1, 0.15) is 28.4 Å². The maximum Gasteiger partial charge on any atom is 0.228 e. The standard InChI is InChI=1S/C31H32F2N4O2S/c1-21(26-7-3-4-8-28(26)33)18-31(38)37(20-30-34-16-17-36(30)2)24-13-10-22-6-5-9-29(27(22)19-24)35-40(39)25-14-11-23(32)12-15-25/h3-4,7-8,10-17,19,21,29,35H,5-6,9,18,20H2,1-2H3. The van der Waals surface area contributed by atoms with E-state index in [0.29, 0.717) is 16.1 Å². The zero-order chi connectivity index (χ0) is 28.2. The lowest BCUT2D eigenvalue weighted by Gasteiger charge is -2.30. The average Bonchev–Trinajstić information content (AvgIpc) is 3.36. The van der Waals surface area contributed by atoms with Crippen LogP contribution in [0, 0.1) is 11.6 Å². The van der Waals surface area contributed by atoms with E-state index in [0.717, 1.165) is 36.2 Å². The number of amides is 1. The molecule has 9 heteroatoms. The van der Waals surface area contributed by atoms with Gasteiger partial charge in [-0.15, -0.1) is 0 Å². The number of nitrogens with one attached hydrogen (secondary N) is 1. The first-order chi connectivity index (χ1) is 19.3. The van der Waals surface area contributed by atoms with Crippen molar-refractivity contribution in [2.24, 2.45) is 7.05 Å². The normalized spacial score (nSPS) is 16.2. The average molecular weight is 563 g/mol. The molecule has 0 radical (unpaired) electrons. The van der Waals surface area contributed by atoms with Crippen molar-refractivity contribution >= 4 is 22.6 Å². The van der Waals surface area contributed by atoms with Crippen molar-refractivity contribution in [1.82, 2.24) is 14.3 Å². The third-order valence-electron chi connectivity index (χ3n) is 7.47. The highest BCUT2D eigenvalue weighted by Gasteiger charge is 2.27.